The number of amides is 1. The first-order valence-electron chi connectivity index (χ1n) is 4.69. The first-order chi connectivity index (χ1) is 7.43. The quantitative estimate of drug-likeness (QED) is 0.350. The number of rotatable bonds is 3. The van der Waals surface area contributed by atoms with Crippen LogP contribution in [-0.4, -0.2) is 70.3 Å². The zero-order valence-corrected chi connectivity index (χ0v) is 8.39. The summed E-state index contributed by atoms with van der Waals surface area (Å²) in [6, 6.07) is 0. The average Bonchev–Trinajstić information content (AvgIpc) is 2.23. The lowest BCUT2D eigenvalue weighted by molar-refractivity contribution is -0.214. The second-order valence-corrected chi connectivity index (χ2v) is 3.54. The van der Waals surface area contributed by atoms with Gasteiger partial charge in [0, 0.05) is 0 Å². The van der Waals surface area contributed by atoms with Crippen LogP contribution < -0.4 is 5.73 Å². The molecular formula is C8H15NO7. The van der Waals surface area contributed by atoms with Gasteiger partial charge in [0.15, 0.2) is 0 Å². The molecule has 1 saturated heterocycles. The Bertz CT molecular complexity index is 249. The standard InChI is InChI=1S/C8H15NO7/c9-8(14)16-2-4(11)7-6(13)5(12)3(10)1-15-7/h3-7,10-13H,1-2H2,(H2,9,14)/t3-,4-,5-,6+,7-/m1/s1. The lowest BCUT2D eigenvalue weighted by atomic mass is 9.97. The van der Waals surface area contributed by atoms with Crippen molar-refractivity contribution >= 4 is 6.09 Å². The summed E-state index contributed by atoms with van der Waals surface area (Å²) in [4.78, 5) is 10.3. The SMILES string of the molecule is NC(=O)OC[C@@H](O)[C@H]1OC[C@@H](O)[C@@H](O)[C@@H]1O. The molecule has 8 heteroatoms. The summed E-state index contributed by atoms with van der Waals surface area (Å²) in [5.74, 6) is 0. The number of aliphatic hydroxyl groups is 4. The predicted molar refractivity (Wildman–Crippen MR) is 49.3 cm³/mol. The monoisotopic (exact) mass is 237 g/mol. The molecule has 0 unspecified atom stereocenters. The molecule has 6 N–H and O–H groups in total. The van der Waals surface area contributed by atoms with E-state index in [9.17, 15) is 20.1 Å². The molecule has 1 amide bonds. The lowest BCUT2D eigenvalue weighted by Gasteiger charge is -2.37. The topological polar surface area (TPSA) is 142 Å². The maximum absolute atomic E-state index is 10.3. The summed E-state index contributed by atoms with van der Waals surface area (Å²) in [6.45, 7) is -0.684. The fourth-order valence-electron chi connectivity index (χ4n) is 1.43. The molecule has 94 valence electrons. The van der Waals surface area contributed by atoms with E-state index in [4.69, 9.17) is 9.84 Å². The maximum Gasteiger partial charge on any atom is 0.404 e. The van der Waals surface area contributed by atoms with Crippen molar-refractivity contribution in [3.63, 3.8) is 0 Å². The van der Waals surface area contributed by atoms with E-state index in [2.05, 4.69) is 10.5 Å². The van der Waals surface area contributed by atoms with Gasteiger partial charge in [0.25, 0.3) is 0 Å². The van der Waals surface area contributed by atoms with Gasteiger partial charge in [0.05, 0.1) is 6.61 Å². The third kappa shape index (κ3) is 3.03. The average molecular weight is 237 g/mol. The molecule has 0 spiro atoms. The van der Waals surface area contributed by atoms with Gasteiger partial charge in [-0.05, 0) is 0 Å². The Morgan fingerprint density at radius 3 is 2.62 bits per heavy atom. The van der Waals surface area contributed by atoms with E-state index in [1.165, 1.54) is 0 Å². The van der Waals surface area contributed by atoms with Gasteiger partial charge in [0.1, 0.15) is 37.1 Å². The lowest BCUT2D eigenvalue weighted by Crippen LogP contribution is -2.57. The van der Waals surface area contributed by atoms with Crippen molar-refractivity contribution in [3.05, 3.63) is 0 Å². The Balaban J connectivity index is 2.49. The normalized spacial score (nSPS) is 36.8. The molecule has 0 aromatic carbocycles. The van der Waals surface area contributed by atoms with Gasteiger partial charge in [-0.15, -0.1) is 0 Å². The molecule has 1 aliphatic rings. The number of hydrogen-bond donors (Lipinski definition) is 5. The molecule has 1 aliphatic heterocycles. The number of nitrogens with two attached hydrogens (primary N) is 1. The number of aliphatic hydroxyl groups excluding tert-OH is 4. The van der Waals surface area contributed by atoms with E-state index < -0.39 is 43.2 Å². The molecule has 0 radical (unpaired) electrons. The van der Waals surface area contributed by atoms with E-state index in [1.54, 1.807) is 0 Å². The van der Waals surface area contributed by atoms with Crippen LogP contribution >= 0.6 is 0 Å². The van der Waals surface area contributed by atoms with Gasteiger partial charge in [0.2, 0.25) is 0 Å². The minimum Gasteiger partial charge on any atom is -0.447 e. The molecule has 0 saturated carbocycles. The number of carbonyl (C=O) groups excluding carboxylic acids is 1. The summed E-state index contributed by atoms with van der Waals surface area (Å²) >= 11 is 0. The van der Waals surface area contributed by atoms with Crippen molar-refractivity contribution in [2.24, 2.45) is 5.73 Å². The molecule has 1 rings (SSSR count). The molecule has 0 aromatic rings. The van der Waals surface area contributed by atoms with E-state index in [1.807, 2.05) is 0 Å². The van der Waals surface area contributed by atoms with E-state index >= 15 is 0 Å². The highest BCUT2D eigenvalue weighted by Crippen LogP contribution is 2.18. The van der Waals surface area contributed by atoms with Crippen LogP contribution in [-0.2, 0) is 9.47 Å². The van der Waals surface area contributed by atoms with Gasteiger partial charge in [-0.25, -0.2) is 4.79 Å². The molecule has 0 aromatic heterocycles. The van der Waals surface area contributed by atoms with Gasteiger partial charge in [-0.3, -0.25) is 0 Å². The molecule has 8 nitrogen and oxygen atoms in total. The minimum absolute atomic E-state index is 0.226. The number of primary amides is 1. The highest BCUT2D eigenvalue weighted by Gasteiger charge is 2.41. The maximum atomic E-state index is 10.3. The largest absolute Gasteiger partial charge is 0.447 e. The van der Waals surface area contributed by atoms with Crippen LogP contribution in [0.2, 0.25) is 0 Å². The van der Waals surface area contributed by atoms with Gasteiger partial charge in [-0.1, -0.05) is 0 Å². The Labute approximate surface area is 91.2 Å². The summed E-state index contributed by atoms with van der Waals surface area (Å²) in [7, 11) is 0. The predicted octanol–water partition coefficient (Wildman–Crippen LogP) is -3.08. The smallest absolute Gasteiger partial charge is 0.404 e. The number of ether oxygens (including phenoxy) is 2. The highest BCUT2D eigenvalue weighted by atomic mass is 16.6. The van der Waals surface area contributed by atoms with Gasteiger partial charge >= 0.3 is 6.09 Å². The number of carbonyl (C=O) groups is 1. The molecular weight excluding hydrogens is 222 g/mol. The fraction of sp³-hybridized carbons (Fsp3) is 0.875. The molecule has 1 fully saturated rings. The highest BCUT2D eigenvalue weighted by molar-refractivity contribution is 5.64. The molecule has 0 bridgehead atoms. The van der Waals surface area contributed by atoms with Crippen LogP contribution in [0.4, 0.5) is 4.79 Å². The zero-order chi connectivity index (χ0) is 12.3. The van der Waals surface area contributed by atoms with Crippen molar-refractivity contribution in [2.75, 3.05) is 13.2 Å². The third-order valence-corrected chi connectivity index (χ3v) is 2.32. The first-order valence-corrected chi connectivity index (χ1v) is 4.69. The van der Waals surface area contributed by atoms with Crippen LogP contribution in [0.3, 0.4) is 0 Å². The summed E-state index contributed by atoms with van der Waals surface area (Å²) in [5, 5.41) is 37.4. The number of hydrogen-bond acceptors (Lipinski definition) is 7. The Hall–Kier alpha value is -0.930. The summed E-state index contributed by atoms with van der Waals surface area (Å²) in [5.41, 5.74) is 4.69. The van der Waals surface area contributed by atoms with Crippen molar-refractivity contribution in [3.8, 4) is 0 Å². The van der Waals surface area contributed by atoms with Gasteiger partial charge < -0.3 is 35.6 Å². The zero-order valence-electron chi connectivity index (χ0n) is 8.39. The van der Waals surface area contributed by atoms with Crippen molar-refractivity contribution in [1.29, 1.82) is 0 Å². The Morgan fingerprint density at radius 2 is 2.06 bits per heavy atom. The first kappa shape index (κ1) is 13.1. The Kier molecular flexibility index (Phi) is 4.44. The van der Waals surface area contributed by atoms with Crippen LogP contribution in [0.5, 0.6) is 0 Å². The van der Waals surface area contributed by atoms with Crippen molar-refractivity contribution in [1.82, 2.24) is 0 Å². The summed E-state index contributed by atoms with van der Waals surface area (Å²) in [6.07, 6.45) is -7.62. The minimum atomic E-state index is -1.46. The van der Waals surface area contributed by atoms with Crippen molar-refractivity contribution < 1.29 is 34.7 Å². The molecule has 1 heterocycles. The third-order valence-electron chi connectivity index (χ3n) is 2.32. The van der Waals surface area contributed by atoms with E-state index in [-0.39, 0.29) is 6.61 Å². The van der Waals surface area contributed by atoms with Crippen LogP contribution in [0, 0.1) is 0 Å². The molecule has 5 atom stereocenters. The van der Waals surface area contributed by atoms with E-state index in [0.29, 0.717) is 0 Å². The van der Waals surface area contributed by atoms with Crippen molar-refractivity contribution in [2.45, 2.75) is 30.5 Å². The summed E-state index contributed by atoms with van der Waals surface area (Å²) < 4.78 is 9.25. The van der Waals surface area contributed by atoms with Crippen LogP contribution in [0.15, 0.2) is 0 Å². The second-order valence-electron chi connectivity index (χ2n) is 3.54. The van der Waals surface area contributed by atoms with Crippen LogP contribution in [0.1, 0.15) is 0 Å². The molecule has 16 heavy (non-hydrogen) atoms. The van der Waals surface area contributed by atoms with Crippen LogP contribution in [0.25, 0.3) is 0 Å². The Morgan fingerprint density at radius 1 is 1.44 bits per heavy atom. The molecule has 0 aliphatic carbocycles. The van der Waals surface area contributed by atoms with E-state index in [0.717, 1.165) is 0 Å². The van der Waals surface area contributed by atoms with Gasteiger partial charge in [-0.2, -0.15) is 0 Å². The second kappa shape index (κ2) is 5.41. The fourth-order valence-corrected chi connectivity index (χ4v) is 1.43.